The summed E-state index contributed by atoms with van der Waals surface area (Å²) in [5, 5.41) is 18.8. The lowest BCUT2D eigenvalue weighted by molar-refractivity contribution is 0.0990. The van der Waals surface area contributed by atoms with Crippen molar-refractivity contribution in [2.45, 2.75) is 20.4 Å². The molecule has 0 radical (unpaired) electrons. The molecule has 3 rings (SSSR count). The van der Waals surface area contributed by atoms with Gasteiger partial charge in [-0.15, -0.1) is 10.2 Å². The molecule has 0 unspecified atom stereocenters. The zero-order valence-electron chi connectivity index (χ0n) is 12.9. The van der Waals surface area contributed by atoms with Crippen LogP contribution in [-0.4, -0.2) is 20.6 Å². The number of aryl methyl sites for hydroxylation is 2. The number of hydrogen-bond donors (Lipinski definition) is 1. The molecule has 0 atom stereocenters. The Morgan fingerprint density at radius 2 is 2.13 bits per heavy atom. The van der Waals surface area contributed by atoms with Crippen molar-refractivity contribution in [3.05, 3.63) is 53.9 Å². The highest BCUT2D eigenvalue weighted by molar-refractivity contribution is 5.97. The van der Waals surface area contributed by atoms with E-state index >= 15 is 0 Å². The summed E-state index contributed by atoms with van der Waals surface area (Å²) in [5.41, 5.74) is 2.41. The van der Waals surface area contributed by atoms with E-state index < -0.39 is 5.91 Å². The number of carbonyl (C=O) groups is 1. The maximum Gasteiger partial charge on any atom is 0.313 e. The van der Waals surface area contributed by atoms with Gasteiger partial charge in [-0.3, -0.25) is 9.78 Å². The van der Waals surface area contributed by atoms with E-state index in [-0.39, 0.29) is 11.6 Å². The lowest BCUT2D eigenvalue weighted by Crippen LogP contribution is -1.96. The fraction of sp³-hybridized carbons (Fsp3) is 0.176. The highest BCUT2D eigenvalue weighted by Crippen LogP contribution is 2.39. The molecule has 0 aliphatic rings. The quantitative estimate of drug-likeness (QED) is 0.743. The van der Waals surface area contributed by atoms with Gasteiger partial charge in [0, 0.05) is 18.1 Å². The Kier molecular flexibility index (Phi) is 3.89. The van der Waals surface area contributed by atoms with Gasteiger partial charge in [-0.25, -0.2) is 0 Å². The number of fused-ring (bicyclic) bond motifs is 1. The number of carbonyl (C=O) groups excluding carboxylic acids is 1. The Hall–Kier alpha value is -3.02. The minimum Gasteiger partial charge on any atom is -0.493 e. The number of pyridine rings is 1. The molecule has 1 amide bonds. The van der Waals surface area contributed by atoms with E-state index in [1.165, 1.54) is 6.20 Å². The average molecular weight is 308 g/mol. The Morgan fingerprint density at radius 3 is 2.83 bits per heavy atom. The number of aromatic nitrogens is 2. The molecular formula is C17H16N4O2. The lowest BCUT2D eigenvalue weighted by atomic mass is 10.1. The molecule has 2 aromatic heterocycles. The second kappa shape index (κ2) is 6.00. The van der Waals surface area contributed by atoms with E-state index in [0.29, 0.717) is 12.2 Å². The van der Waals surface area contributed by atoms with Crippen LogP contribution in [-0.2, 0) is 6.54 Å². The number of azo groups is 1. The van der Waals surface area contributed by atoms with Crippen LogP contribution in [0.1, 0.15) is 23.0 Å². The Bertz CT molecular complexity index is 898. The molecule has 1 aromatic carbocycles. The van der Waals surface area contributed by atoms with Crippen molar-refractivity contribution >= 4 is 22.5 Å². The highest BCUT2D eigenvalue weighted by Gasteiger charge is 2.16. The summed E-state index contributed by atoms with van der Waals surface area (Å²) < 4.78 is 1.73. The van der Waals surface area contributed by atoms with E-state index in [4.69, 9.17) is 0 Å². The second-order valence-corrected chi connectivity index (χ2v) is 5.16. The van der Waals surface area contributed by atoms with Gasteiger partial charge < -0.3 is 9.67 Å². The number of aromatic hydroxyl groups is 1. The van der Waals surface area contributed by atoms with Gasteiger partial charge in [0.1, 0.15) is 5.69 Å². The molecule has 0 fully saturated rings. The minimum atomic E-state index is -0.546. The third kappa shape index (κ3) is 2.70. The summed E-state index contributed by atoms with van der Waals surface area (Å²) in [6.07, 6.45) is 1.52. The first-order chi connectivity index (χ1) is 11.1. The van der Waals surface area contributed by atoms with Gasteiger partial charge in [0.05, 0.1) is 5.52 Å². The van der Waals surface area contributed by atoms with Crippen LogP contribution < -0.4 is 0 Å². The van der Waals surface area contributed by atoms with Crippen molar-refractivity contribution in [1.82, 2.24) is 9.55 Å². The zero-order chi connectivity index (χ0) is 16.4. The minimum absolute atomic E-state index is 0.00525. The third-order valence-corrected chi connectivity index (χ3v) is 3.61. The molecule has 2 heterocycles. The molecule has 23 heavy (non-hydrogen) atoms. The highest BCUT2D eigenvalue weighted by atomic mass is 16.3. The van der Waals surface area contributed by atoms with E-state index in [0.717, 1.165) is 16.5 Å². The second-order valence-electron chi connectivity index (χ2n) is 5.16. The van der Waals surface area contributed by atoms with Gasteiger partial charge in [-0.2, -0.15) is 0 Å². The molecule has 6 nitrogen and oxygen atoms in total. The molecule has 0 aliphatic heterocycles. The molecular weight excluding hydrogens is 292 g/mol. The fourth-order valence-corrected chi connectivity index (χ4v) is 2.49. The number of amides is 1. The van der Waals surface area contributed by atoms with Crippen molar-refractivity contribution in [1.29, 1.82) is 0 Å². The predicted octanol–water partition coefficient (Wildman–Crippen LogP) is 3.99. The van der Waals surface area contributed by atoms with E-state index in [2.05, 4.69) is 15.2 Å². The zero-order valence-corrected chi connectivity index (χ0v) is 12.9. The van der Waals surface area contributed by atoms with Crippen LogP contribution in [0.15, 0.2) is 52.8 Å². The number of rotatable bonds is 3. The maximum atomic E-state index is 12.0. The first kappa shape index (κ1) is 14.9. The first-order valence-corrected chi connectivity index (χ1v) is 7.30. The average Bonchev–Trinajstić information content (AvgIpc) is 2.83. The summed E-state index contributed by atoms with van der Waals surface area (Å²) in [6.45, 7) is 4.48. The van der Waals surface area contributed by atoms with Gasteiger partial charge in [-0.05, 0) is 38.1 Å². The summed E-state index contributed by atoms with van der Waals surface area (Å²) >= 11 is 0. The Morgan fingerprint density at radius 1 is 1.30 bits per heavy atom. The van der Waals surface area contributed by atoms with E-state index in [1.54, 1.807) is 22.8 Å². The molecule has 116 valence electrons. The molecule has 0 aliphatic carbocycles. The molecule has 0 bridgehead atoms. The largest absolute Gasteiger partial charge is 0.493 e. The standard InChI is InChI=1S/C17H16N4O2/c1-3-21-14-8-7-11(2)10-12(14)15(17(21)23)19-20-16(22)13-6-4-5-9-18-13/h4-10,23H,3H2,1-2H3. The Labute approximate surface area is 133 Å². The SMILES string of the molecule is CCn1c(O)c(N=NC(=O)c2ccccn2)c2cc(C)ccc21. The summed E-state index contributed by atoms with van der Waals surface area (Å²) in [7, 11) is 0. The Balaban J connectivity index is 2.06. The molecule has 3 aromatic rings. The number of nitrogens with zero attached hydrogens (tertiary/aromatic N) is 4. The van der Waals surface area contributed by atoms with Crippen molar-refractivity contribution in [2.24, 2.45) is 10.2 Å². The number of hydrogen-bond acceptors (Lipinski definition) is 4. The van der Waals surface area contributed by atoms with E-state index in [9.17, 15) is 9.90 Å². The van der Waals surface area contributed by atoms with Crippen molar-refractivity contribution < 1.29 is 9.90 Å². The summed E-state index contributed by atoms with van der Waals surface area (Å²) in [5.74, 6) is -0.541. The van der Waals surface area contributed by atoms with Crippen LogP contribution in [0.3, 0.4) is 0 Å². The smallest absolute Gasteiger partial charge is 0.313 e. The topological polar surface area (TPSA) is 79.8 Å². The van der Waals surface area contributed by atoms with Crippen molar-refractivity contribution in [3.63, 3.8) is 0 Å². The normalized spacial score (nSPS) is 11.4. The van der Waals surface area contributed by atoms with Gasteiger partial charge in [0.2, 0.25) is 5.88 Å². The lowest BCUT2D eigenvalue weighted by Gasteiger charge is -2.01. The van der Waals surface area contributed by atoms with E-state index in [1.807, 2.05) is 32.0 Å². The first-order valence-electron chi connectivity index (χ1n) is 7.30. The van der Waals surface area contributed by atoms with Crippen LogP contribution >= 0.6 is 0 Å². The van der Waals surface area contributed by atoms with Crippen molar-refractivity contribution in [2.75, 3.05) is 0 Å². The molecule has 0 spiro atoms. The molecule has 6 heteroatoms. The summed E-state index contributed by atoms with van der Waals surface area (Å²) in [4.78, 5) is 15.9. The van der Waals surface area contributed by atoms with Gasteiger partial charge >= 0.3 is 5.91 Å². The van der Waals surface area contributed by atoms with Crippen LogP contribution in [0.5, 0.6) is 5.88 Å². The molecule has 1 N–H and O–H groups in total. The maximum absolute atomic E-state index is 12.0. The van der Waals surface area contributed by atoms with Gasteiger partial charge in [-0.1, -0.05) is 17.7 Å². The van der Waals surface area contributed by atoms with Crippen LogP contribution in [0.25, 0.3) is 10.9 Å². The predicted molar refractivity (Wildman–Crippen MR) is 87.1 cm³/mol. The van der Waals surface area contributed by atoms with Crippen LogP contribution in [0, 0.1) is 6.92 Å². The summed E-state index contributed by atoms with van der Waals surface area (Å²) in [6, 6.07) is 10.8. The third-order valence-electron chi connectivity index (χ3n) is 3.61. The van der Waals surface area contributed by atoms with Gasteiger partial charge in [0.15, 0.2) is 5.69 Å². The molecule has 0 saturated carbocycles. The monoisotopic (exact) mass is 308 g/mol. The molecule has 0 saturated heterocycles. The fourth-order valence-electron chi connectivity index (χ4n) is 2.49. The van der Waals surface area contributed by atoms with Crippen LogP contribution in [0.4, 0.5) is 5.69 Å². The number of benzene rings is 1. The van der Waals surface area contributed by atoms with Crippen molar-refractivity contribution in [3.8, 4) is 5.88 Å². The van der Waals surface area contributed by atoms with Crippen LogP contribution in [0.2, 0.25) is 0 Å². The van der Waals surface area contributed by atoms with Gasteiger partial charge in [0.25, 0.3) is 0 Å².